The van der Waals surface area contributed by atoms with Crippen molar-refractivity contribution in [3.63, 3.8) is 0 Å². The van der Waals surface area contributed by atoms with Gasteiger partial charge in [-0.15, -0.1) is 0 Å². The zero-order valence-electron chi connectivity index (χ0n) is 10.3. The second-order valence-corrected chi connectivity index (χ2v) is 5.20. The number of hydrogen-bond donors (Lipinski definition) is 1. The number of nitrogens with zero attached hydrogens (tertiary/aromatic N) is 1. The first-order valence-electron chi connectivity index (χ1n) is 6.78. The van der Waals surface area contributed by atoms with Crippen molar-refractivity contribution >= 4 is 5.91 Å². The van der Waals surface area contributed by atoms with Crippen LogP contribution >= 0.6 is 0 Å². The Kier molecular flexibility index (Phi) is 3.85. The van der Waals surface area contributed by atoms with Crippen LogP contribution in [0.3, 0.4) is 0 Å². The first-order valence-corrected chi connectivity index (χ1v) is 6.78. The number of amides is 1. The second kappa shape index (κ2) is 5.17. The third kappa shape index (κ3) is 2.24. The van der Waals surface area contributed by atoms with Gasteiger partial charge in [0, 0.05) is 19.0 Å². The molecule has 0 radical (unpaired) electrons. The molecule has 0 bridgehead atoms. The van der Waals surface area contributed by atoms with Crippen LogP contribution in [-0.4, -0.2) is 30.4 Å². The van der Waals surface area contributed by atoms with Crippen molar-refractivity contribution in [1.82, 2.24) is 4.90 Å². The number of carbonyl (C=O) groups excluding carboxylic acids is 1. The normalized spacial score (nSPS) is 32.0. The summed E-state index contributed by atoms with van der Waals surface area (Å²) in [6, 6.07) is 0. The van der Waals surface area contributed by atoms with Gasteiger partial charge in [-0.2, -0.15) is 0 Å². The average molecular weight is 224 g/mol. The molecule has 0 aliphatic heterocycles. The predicted molar refractivity (Wildman–Crippen MR) is 64.9 cm³/mol. The summed E-state index contributed by atoms with van der Waals surface area (Å²) in [6.07, 6.45) is 6.17. The molecule has 1 amide bonds. The van der Waals surface area contributed by atoms with Gasteiger partial charge < -0.3 is 10.6 Å². The van der Waals surface area contributed by atoms with E-state index in [1.807, 2.05) is 4.90 Å². The summed E-state index contributed by atoms with van der Waals surface area (Å²) >= 11 is 0. The Morgan fingerprint density at radius 2 is 1.94 bits per heavy atom. The van der Waals surface area contributed by atoms with Crippen molar-refractivity contribution in [2.75, 3.05) is 19.6 Å². The van der Waals surface area contributed by atoms with Gasteiger partial charge in [-0.3, -0.25) is 4.79 Å². The minimum absolute atomic E-state index is 0.375. The number of rotatable bonds is 5. The molecule has 0 heterocycles. The molecule has 3 heteroatoms. The van der Waals surface area contributed by atoms with E-state index in [4.69, 9.17) is 5.73 Å². The summed E-state index contributed by atoms with van der Waals surface area (Å²) in [5.74, 6) is 2.24. The lowest BCUT2D eigenvalue weighted by Crippen LogP contribution is -2.34. The van der Waals surface area contributed by atoms with Crippen LogP contribution in [0.2, 0.25) is 0 Å². The van der Waals surface area contributed by atoms with Crippen LogP contribution in [0.5, 0.6) is 0 Å². The van der Waals surface area contributed by atoms with Crippen molar-refractivity contribution in [1.29, 1.82) is 0 Å². The molecule has 0 aromatic carbocycles. The molecule has 2 saturated carbocycles. The minimum atomic E-state index is 0.375. The van der Waals surface area contributed by atoms with Gasteiger partial charge in [0.2, 0.25) is 5.91 Å². The molecule has 0 spiro atoms. The van der Waals surface area contributed by atoms with E-state index >= 15 is 0 Å². The Hall–Kier alpha value is -0.570. The molecule has 2 atom stereocenters. The van der Waals surface area contributed by atoms with Crippen molar-refractivity contribution < 1.29 is 4.79 Å². The highest BCUT2D eigenvalue weighted by Crippen LogP contribution is 2.56. The van der Waals surface area contributed by atoms with Crippen molar-refractivity contribution in [3.05, 3.63) is 0 Å². The fourth-order valence-corrected chi connectivity index (χ4v) is 3.28. The summed E-state index contributed by atoms with van der Waals surface area (Å²) in [4.78, 5) is 14.3. The molecule has 0 saturated heterocycles. The monoisotopic (exact) mass is 224 g/mol. The van der Waals surface area contributed by atoms with Gasteiger partial charge in [0.1, 0.15) is 0 Å². The lowest BCUT2D eigenvalue weighted by Gasteiger charge is -2.20. The zero-order valence-corrected chi connectivity index (χ0v) is 10.3. The van der Waals surface area contributed by atoms with E-state index in [0.717, 1.165) is 31.3 Å². The number of carbonyl (C=O) groups is 1. The SMILES string of the molecule is CCN(CCCN)C(=O)C1C2CCCCC21. The Labute approximate surface area is 98.4 Å². The van der Waals surface area contributed by atoms with Gasteiger partial charge in [-0.1, -0.05) is 12.8 Å². The fraction of sp³-hybridized carbons (Fsp3) is 0.923. The Bertz CT molecular complexity index is 242. The molecule has 16 heavy (non-hydrogen) atoms. The van der Waals surface area contributed by atoms with Crippen LogP contribution in [0, 0.1) is 17.8 Å². The molecule has 2 fully saturated rings. The summed E-state index contributed by atoms with van der Waals surface area (Å²) in [6.45, 7) is 4.44. The highest BCUT2D eigenvalue weighted by Gasteiger charge is 2.55. The molecule has 0 aromatic rings. The average Bonchev–Trinajstić information content (AvgIpc) is 3.03. The third-order valence-electron chi connectivity index (χ3n) is 4.27. The van der Waals surface area contributed by atoms with E-state index < -0.39 is 0 Å². The number of nitrogens with two attached hydrogens (primary N) is 1. The summed E-state index contributed by atoms with van der Waals surface area (Å²) in [5.41, 5.74) is 5.50. The molecular formula is C13H24N2O. The highest BCUT2D eigenvalue weighted by molar-refractivity contribution is 5.82. The molecule has 2 aliphatic rings. The number of hydrogen-bond acceptors (Lipinski definition) is 2. The maximum absolute atomic E-state index is 12.3. The molecule has 2 N–H and O–H groups in total. The Balaban J connectivity index is 1.86. The second-order valence-electron chi connectivity index (χ2n) is 5.20. The van der Waals surface area contributed by atoms with Crippen LogP contribution in [-0.2, 0) is 4.79 Å². The smallest absolute Gasteiger partial charge is 0.226 e. The van der Waals surface area contributed by atoms with E-state index in [9.17, 15) is 4.79 Å². The summed E-state index contributed by atoms with van der Waals surface area (Å²) < 4.78 is 0. The lowest BCUT2D eigenvalue weighted by atomic mass is 10.0. The Morgan fingerprint density at radius 1 is 1.31 bits per heavy atom. The van der Waals surface area contributed by atoms with Gasteiger partial charge in [0.15, 0.2) is 0 Å². The van der Waals surface area contributed by atoms with Crippen LogP contribution in [0.25, 0.3) is 0 Å². The first kappa shape index (κ1) is 11.9. The Morgan fingerprint density at radius 3 is 2.44 bits per heavy atom. The highest BCUT2D eigenvalue weighted by atomic mass is 16.2. The minimum Gasteiger partial charge on any atom is -0.343 e. The predicted octanol–water partition coefficient (Wildman–Crippen LogP) is 1.62. The first-order chi connectivity index (χ1) is 7.79. The number of fused-ring (bicyclic) bond motifs is 1. The van der Waals surface area contributed by atoms with Crippen molar-refractivity contribution in [2.45, 2.75) is 39.0 Å². The maximum Gasteiger partial charge on any atom is 0.226 e. The van der Waals surface area contributed by atoms with E-state index in [1.165, 1.54) is 25.7 Å². The van der Waals surface area contributed by atoms with Gasteiger partial charge in [-0.25, -0.2) is 0 Å². The molecule has 2 aliphatic carbocycles. The van der Waals surface area contributed by atoms with Crippen LogP contribution in [0.4, 0.5) is 0 Å². The molecule has 92 valence electrons. The molecule has 0 aromatic heterocycles. The summed E-state index contributed by atoms with van der Waals surface area (Å²) in [7, 11) is 0. The third-order valence-corrected chi connectivity index (χ3v) is 4.27. The molecule has 2 rings (SSSR count). The van der Waals surface area contributed by atoms with Gasteiger partial charge in [0.05, 0.1) is 0 Å². The lowest BCUT2D eigenvalue weighted by molar-refractivity contribution is -0.133. The zero-order chi connectivity index (χ0) is 11.5. The van der Waals surface area contributed by atoms with Crippen LogP contribution < -0.4 is 5.73 Å². The molecule has 3 nitrogen and oxygen atoms in total. The van der Waals surface area contributed by atoms with Crippen LogP contribution in [0.15, 0.2) is 0 Å². The van der Waals surface area contributed by atoms with Crippen molar-refractivity contribution in [2.24, 2.45) is 23.5 Å². The molecule has 2 unspecified atom stereocenters. The van der Waals surface area contributed by atoms with Gasteiger partial charge >= 0.3 is 0 Å². The molecular weight excluding hydrogens is 200 g/mol. The summed E-state index contributed by atoms with van der Waals surface area (Å²) in [5, 5.41) is 0. The van der Waals surface area contributed by atoms with Crippen LogP contribution in [0.1, 0.15) is 39.0 Å². The quantitative estimate of drug-likeness (QED) is 0.771. The van der Waals surface area contributed by atoms with Gasteiger partial charge in [0.25, 0.3) is 0 Å². The van der Waals surface area contributed by atoms with E-state index in [2.05, 4.69) is 6.92 Å². The van der Waals surface area contributed by atoms with Gasteiger partial charge in [-0.05, 0) is 44.6 Å². The van der Waals surface area contributed by atoms with Crippen molar-refractivity contribution in [3.8, 4) is 0 Å². The largest absolute Gasteiger partial charge is 0.343 e. The van der Waals surface area contributed by atoms with E-state index in [1.54, 1.807) is 0 Å². The fourth-order valence-electron chi connectivity index (χ4n) is 3.28. The van der Waals surface area contributed by atoms with E-state index in [-0.39, 0.29) is 0 Å². The topological polar surface area (TPSA) is 46.3 Å². The maximum atomic E-state index is 12.3. The van der Waals surface area contributed by atoms with E-state index in [0.29, 0.717) is 18.4 Å². The standard InChI is InChI=1S/C13H24N2O/c1-2-15(9-5-8-14)13(16)12-10-6-3-4-7-11(10)12/h10-12H,2-9,14H2,1H3.